The molecule has 3 heterocycles. The molecule has 0 aliphatic carbocycles. The Morgan fingerprint density at radius 1 is 1.29 bits per heavy atom. The zero-order valence-electron chi connectivity index (χ0n) is 16.5. The van der Waals surface area contributed by atoms with Gasteiger partial charge >= 0.3 is 5.97 Å². The van der Waals surface area contributed by atoms with Gasteiger partial charge in [0.1, 0.15) is 5.00 Å². The molecule has 0 aliphatic rings. The van der Waals surface area contributed by atoms with Gasteiger partial charge in [0.25, 0.3) is 0 Å². The Kier molecular flexibility index (Phi) is 5.64. The number of fused-ring (bicyclic) bond motifs is 1. The molecule has 9 heteroatoms. The summed E-state index contributed by atoms with van der Waals surface area (Å²) in [5.41, 5.74) is 3.97. The molecule has 148 valence electrons. The van der Waals surface area contributed by atoms with Crippen LogP contribution in [-0.4, -0.2) is 40.9 Å². The zero-order valence-corrected chi connectivity index (χ0v) is 17.3. The van der Waals surface area contributed by atoms with Crippen molar-refractivity contribution in [3.8, 4) is 5.88 Å². The minimum Gasteiger partial charge on any atom is -0.479 e. The summed E-state index contributed by atoms with van der Waals surface area (Å²) in [6.45, 7) is 3.91. The summed E-state index contributed by atoms with van der Waals surface area (Å²) >= 11 is 1.29. The molecule has 0 saturated heterocycles. The summed E-state index contributed by atoms with van der Waals surface area (Å²) in [5, 5.41) is 10.2. The summed E-state index contributed by atoms with van der Waals surface area (Å²) in [4.78, 5) is 28.8. The Balaban J connectivity index is 1.79. The Morgan fingerprint density at radius 3 is 2.71 bits per heavy atom. The van der Waals surface area contributed by atoms with Gasteiger partial charge in [-0.05, 0) is 42.8 Å². The van der Waals surface area contributed by atoms with Crippen LogP contribution in [0.3, 0.4) is 0 Å². The summed E-state index contributed by atoms with van der Waals surface area (Å²) in [6.07, 6.45) is 0.777. The standard InChI is InChI=1S/C19H22N4O4S/c1-10-12(11(2)20-16-15(10)17(26-4)22-23(16)3)6-7-14(24)21-18-13(8-9-28-18)19(25)27-5/h8-9H,6-7H2,1-5H3,(H,21,24). The number of esters is 1. The fourth-order valence-corrected chi connectivity index (χ4v) is 4.00. The van der Waals surface area contributed by atoms with Crippen LogP contribution in [0.4, 0.5) is 5.00 Å². The Hall–Kier alpha value is -2.94. The van der Waals surface area contributed by atoms with Crippen molar-refractivity contribution < 1.29 is 19.1 Å². The van der Waals surface area contributed by atoms with Crippen LogP contribution >= 0.6 is 11.3 Å². The quantitative estimate of drug-likeness (QED) is 0.637. The first-order valence-corrected chi connectivity index (χ1v) is 9.57. The summed E-state index contributed by atoms with van der Waals surface area (Å²) < 4.78 is 11.8. The molecule has 28 heavy (non-hydrogen) atoms. The van der Waals surface area contributed by atoms with Crippen molar-refractivity contribution in [2.45, 2.75) is 26.7 Å². The van der Waals surface area contributed by atoms with Gasteiger partial charge in [-0.3, -0.25) is 4.79 Å². The maximum absolute atomic E-state index is 12.4. The third kappa shape index (κ3) is 3.57. The molecule has 0 bridgehead atoms. The molecular formula is C19H22N4O4S. The van der Waals surface area contributed by atoms with Gasteiger partial charge < -0.3 is 14.8 Å². The fourth-order valence-electron chi connectivity index (χ4n) is 3.21. The Bertz CT molecular complexity index is 1050. The average molecular weight is 402 g/mol. The molecule has 1 N–H and O–H groups in total. The van der Waals surface area contributed by atoms with E-state index in [0.29, 0.717) is 22.9 Å². The monoisotopic (exact) mass is 402 g/mol. The number of methoxy groups -OCH3 is 2. The van der Waals surface area contributed by atoms with Gasteiger partial charge in [-0.2, -0.15) is 0 Å². The topological polar surface area (TPSA) is 95.3 Å². The van der Waals surface area contributed by atoms with Gasteiger partial charge in [0.2, 0.25) is 11.8 Å². The highest BCUT2D eigenvalue weighted by molar-refractivity contribution is 7.14. The molecule has 8 nitrogen and oxygen atoms in total. The maximum atomic E-state index is 12.4. The predicted molar refractivity (Wildman–Crippen MR) is 107 cm³/mol. The molecule has 3 rings (SSSR count). The van der Waals surface area contributed by atoms with Crippen LogP contribution in [0.25, 0.3) is 11.0 Å². The van der Waals surface area contributed by atoms with Crippen LogP contribution in [0, 0.1) is 13.8 Å². The molecule has 0 aliphatic heterocycles. The van der Waals surface area contributed by atoms with E-state index in [0.717, 1.165) is 27.9 Å². The number of aryl methyl sites for hydroxylation is 3. The van der Waals surface area contributed by atoms with Gasteiger partial charge in [0, 0.05) is 19.2 Å². The van der Waals surface area contributed by atoms with E-state index in [1.54, 1.807) is 23.2 Å². The zero-order chi connectivity index (χ0) is 20.4. The Labute approximate surface area is 166 Å². The van der Waals surface area contributed by atoms with Crippen molar-refractivity contribution in [2.75, 3.05) is 19.5 Å². The highest BCUT2D eigenvalue weighted by atomic mass is 32.1. The minimum atomic E-state index is -0.471. The minimum absolute atomic E-state index is 0.176. The second-order valence-electron chi connectivity index (χ2n) is 6.34. The number of rotatable bonds is 6. The second kappa shape index (κ2) is 7.97. The molecule has 0 unspecified atom stereocenters. The first-order valence-electron chi connectivity index (χ1n) is 8.69. The molecule has 0 radical (unpaired) electrons. The molecule has 0 saturated carbocycles. The third-order valence-corrected chi connectivity index (χ3v) is 5.47. The van der Waals surface area contributed by atoms with Crippen LogP contribution in [0.2, 0.25) is 0 Å². The lowest BCUT2D eigenvalue weighted by Gasteiger charge is -2.11. The lowest BCUT2D eigenvalue weighted by atomic mass is 10.00. The van der Waals surface area contributed by atoms with E-state index in [2.05, 4.69) is 15.4 Å². The van der Waals surface area contributed by atoms with E-state index < -0.39 is 5.97 Å². The number of carbonyl (C=O) groups excluding carboxylic acids is 2. The molecule has 3 aromatic heterocycles. The number of aromatic nitrogens is 3. The number of carbonyl (C=O) groups is 2. The normalized spacial score (nSPS) is 10.9. The highest BCUT2D eigenvalue weighted by Gasteiger charge is 2.19. The van der Waals surface area contributed by atoms with Gasteiger partial charge in [0.05, 0.1) is 25.2 Å². The number of ether oxygens (including phenoxy) is 2. The number of anilines is 1. The SMILES string of the molecule is COC(=O)c1ccsc1NC(=O)CCc1c(C)nc2c(c(OC)nn2C)c1C. The smallest absolute Gasteiger partial charge is 0.340 e. The number of nitrogens with one attached hydrogen (secondary N) is 1. The van der Waals surface area contributed by atoms with E-state index in [1.807, 2.05) is 20.9 Å². The largest absolute Gasteiger partial charge is 0.479 e. The van der Waals surface area contributed by atoms with Crippen LogP contribution in [0.5, 0.6) is 5.88 Å². The van der Waals surface area contributed by atoms with Crippen molar-refractivity contribution in [3.05, 3.63) is 33.8 Å². The Morgan fingerprint density at radius 2 is 2.04 bits per heavy atom. The number of nitrogens with zero attached hydrogens (tertiary/aromatic N) is 3. The number of thiophene rings is 1. The lowest BCUT2D eigenvalue weighted by Crippen LogP contribution is -2.15. The molecule has 0 atom stereocenters. The summed E-state index contributed by atoms with van der Waals surface area (Å²) in [5.74, 6) is -0.124. The van der Waals surface area contributed by atoms with E-state index in [1.165, 1.54) is 18.4 Å². The van der Waals surface area contributed by atoms with Crippen LogP contribution in [0.1, 0.15) is 33.6 Å². The lowest BCUT2D eigenvalue weighted by molar-refractivity contribution is -0.116. The molecule has 0 aromatic carbocycles. The molecule has 0 fully saturated rings. The van der Waals surface area contributed by atoms with E-state index >= 15 is 0 Å². The van der Waals surface area contributed by atoms with Crippen LogP contribution in [-0.2, 0) is 23.0 Å². The molecule has 3 aromatic rings. The van der Waals surface area contributed by atoms with Gasteiger partial charge in [-0.15, -0.1) is 16.4 Å². The predicted octanol–water partition coefficient (Wildman–Crippen LogP) is 3.01. The van der Waals surface area contributed by atoms with E-state index in [4.69, 9.17) is 9.47 Å². The van der Waals surface area contributed by atoms with Gasteiger partial charge in [-0.25, -0.2) is 14.5 Å². The van der Waals surface area contributed by atoms with Crippen molar-refractivity contribution in [1.29, 1.82) is 0 Å². The van der Waals surface area contributed by atoms with Crippen molar-refractivity contribution >= 4 is 39.2 Å². The first kappa shape index (κ1) is 19.8. The molecule has 1 amide bonds. The van der Waals surface area contributed by atoms with Crippen LogP contribution in [0.15, 0.2) is 11.4 Å². The number of pyridine rings is 1. The average Bonchev–Trinajstić information content (AvgIpc) is 3.25. The fraction of sp³-hybridized carbons (Fsp3) is 0.368. The maximum Gasteiger partial charge on any atom is 0.340 e. The van der Waals surface area contributed by atoms with Gasteiger partial charge in [-0.1, -0.05) is 0 Å². The third-order valence-electron chi connectivity index (χ3n) is 4.64. The first-order chi connectivity index (χ1) is 13.4. The number of hydrogen-bond acceptors (Lipinski definition) is 7. The number of amides is 1. The summed E-state index contributed by atoms with van der Waals surface area (Å²) in [6, 6.07) is 1.63. The summed E-state index contributed by atoms with van der Waals surface area (Å²) in [7, 11) is 4.71. The molecule has 0 spiro atoms. The highest BCUT2D eigenvalue weighted by Crippen LogP contribution is 2.30. The van der Waals surface area contributed by atoms with Crippen molar-refractivity contribution in [2.24, 2.45) is 7.05 Å². The van der Waals surface area contributed by atoms with Gasteiger partial charge in [0.15, 0.2) is 5.65 Å². The van der Waals surface area contributed by atoms with Crippen molar-refractivity contribution in [3.63, 3.8) is 0 Å². The molecular weight excluding hydrogens is 380 g/mol. The van der Waals surface area contributed by atoms with Crippen molar-refractivity contribution in [1.82, 2.24) is 14.8 Å². The second-order valence-corrected chi connectivity index (χ2v) is 7.25. The van der Waals surface area contributed by atoms with E-state index in [9.17, 15) is 9.59 Å². The van der Waals surface area contributed by atoms with E-state index in [-0.39, 0.29) is 12.3 Å². The van der Waals surface area contributed by atoms with Crippen LogP contribution < -0.4 is 10.1 Å². The number of hydrogen-bond donors (Lipinski definition) is 1.